The number of nitrogens with one attached hydrogen (secondary N) is 1. The van der Waals surface area contributed by atoms with E-state index in [9.17, 15) is 24.3 Å². The second kappa shape index (κ2) is 9.28. The molecule has 0 radical (unpaired) electrons. The van der Waals surface area contributed by atoms with Gasteiger partial charge in [-0.3, -0.25) is 9.59 Å². The van der Waals surface area contributed by atoms with Gasteiger partial charge in [0.1, 0.15) is 22.7 Å². The van der Waals surface area contributed by atoms with Gasteiger partial charge in [-0.1, -0.05) is 5.16 Å². The number of aromatic nitrogens is 1. The van der Waals surface area contributed by atoms with Crippen molar-refractivity contribution >= 4 is 52.6 Å². The number of aliphatic carboxylic acids is 1. The number of fused-ring (bicyclic) bond motifs is 1. The minimum absolute atomic E-state index is 0.115. The predicted molar refractivity (Wildman–Crippen MR) is 116 cm³/mol. The molecule has 172 valence electrons. The third-order valence-electron chi connectivity index (χ3n) is 4.32. The number of thioether (sulfide) groups is 1. The molecule has 0 spiro atoms. The number of esters is 1. The van der Waals surface area contributed by atoms with Crippen LogP contribution in [-0.2, 0) is 28.8 Å². The Labute approximate surface area is 191 Å². The normalized spacial score (nSPS) is 22.9. The van der Waals surface area contributed by atoms with Crippen LogP contribution in [0.15, 0.2) is 27.8 Å². The maximum absolute atomic E-state index is 12.9. The van der Waals surface area contributed by atoms with Crippen molar-refractivity contribution in [3.63, 3.8) is 0 Å². The first-order valence-corrected chi connectivity index (χ1v) is 11.4. The molecule has 2 amide bonds. The fraction of sp³-hybridized carbons (Fsp3) is 0.474. The van der Waals surface area contributed by atoms with Crippen LogP contribution in [-0.4, -0.2) is 73.3 Å². The second-order valence-corrected chi connectivity index (χ2v) is 10.1. The molecular weight excluding hydrogens is 460 g/mol. The fourth-order valence-electron chi connectivity index (χ4n) is 2.93. The van der Waals surface area contributed by atoms with Crippen LogP contribution in [0.2, 0.25) is 0 Å². The summed E-state index contributed by atoms with van der Waals surface area (Å²) in [5.41, 5.74) is 0.942. The van der Waals surface area contributed by atoms with Crippen LogP contribution in [0.4, 0.5) is 0 Å². The molecule has 2 aliphatic rings. The molecule has 3 heterocycles. The third kappa shape index (κ3) is 5.27. The molecule has 0 aliphatic carbocycles. The van der Waals surface area contributed by atoms with Gasteiger partial charge in [0.15, 0.2) is 5.71 Å². The number of β-lactam (4-membered cyclic amide) rings is 1. The van der Waals surface area contributed by atoms with Crippen molar-refractivity contribution < 1.29 is 33.9 Å². The molecule has 2 unspecified atom stereocenters. The maximum atomic E-state index is 12.9. The van der Waals surface area contributed by atoms with Crippen molar-refractivity contribution in [2.75, 3.05) is 6.61 Å². The Kier molecular flexibility index (Phi) is 6.88. The number of carboxylic acids is 1. The lowest BCUT2D eigenvalue weighted by Gasteiger charge is -2.48. The SMILES string of the molecule is CC1S[C@@H]2C(NC(=O)C(=NOCC(=O)OC(C)(C)C)c3cscn3)C(=O)N2C=C1C(=O)O. The molecule has 2 N–H and O–H groups in total. The topological polar surface area (TPSA) is 147 Å². The summed E-state index contributed by atoms with van der Waals surface area (Å²) in [7, 11) is 0. The second-order valence-electron chi connectivity index (χ2n) is 7.93. The van der Waals surface area contributed by atoms with Gasteiger partial charge in [0.25, 0.3) is 11.8 Å². The Hall–Kier alpha value is -2.93. The molecule has 1 aromatic heterocycles. The van der Waals surface area contributed by atoms with Crippen LogP contribution in [0, 0.1) is 0 Å². The number of carboxylic acid groups (broad SMARTS) is 1. The van der Waals surface area contributed by atoms with E-state index < -0.39 is 47.4 Å². The third-order valence-corrected chi connectivity index (χ3v) is 6.35. The molecule has 0 bridgehead atoms. The highest BCUT2D eigenvalue weighted by Gasteiger charge is 2.51. The summed E-state index contributed by atoms with van der Waals surface area (Å²) in [5.74, 6) is -2.89. The molecule has 0 saturated carbocycles. The standard InChI is InChI=1S/C19H22N4O7S2/c1-9-10(18(27)28)5-23-16(26)14(17(23)32-9)21-15(25)13(11-7-31-8-20-11)22-29-6-12(24)30-19(2,3)4/h5,7-9,14,17H,6H2,1-4H3,(H,21,25)(H,27,28)/t9?,14?,17-/m1/s1. The van der Waals surface area contributed by atoms with E-state index in [-0.39, 0.29) is 22.2 Å². The smallest absolute Gasteiger partial charge is 0.347 e. The zero-order chi connectivity index (χ0) is 23.6. The van der Waals surface area contributed by atoms with E-state index in [0.29, 0.717) is 0 Å². The molecule has 3 atom stereocenters. The van der Waals surface area contributed by atoms with Gasteiger partial charge in [-0.25, -0.2) is 14.6 Å². The first-order chi connectivity index (χ1) is 15.0. The molecular formula is C19H22N4O7S2. The van der Waals surface area contributed by atoms with Gasteiger partial charge >= 0.3 is 11.9 Å². The number of oxime groups is 1. The van der Waals surface area contributed by atoms with Crippen molar-refractivity contribution in [1.29, 1.82) is 0 Å². The fourth-order valence-corrected chi connectivity index (χ4v) is 4.83. The molecule has 0 aromatic carbocycles. The van der Waals surface area contributed by atoms with E-state index >= 15 is 0 Å². The van der Waals surface area contributed by atoms with E-state index in [2.05, 4.69) is 15.5 Å². The van der Waals surface area contributed by atoms with Crippen LogP contribution in [0.5, 0.6) is 0 Å². The number of hydrogen-bond donors (Lipinski definition) is 2. The van der Waals surface area contributed by atoms with Crippen LogP contribution >= 0.6 is 23.1 Å². The van der Waals surface area contributed by atoms with E-state index in [1.165, 1.54) is 39.7 Å². The Morgan fingerprint density at radius 2 is 2.06 bits per heavy atom. The average molecular weight is 483 g/mol. The lowest BCUT2D eigenvalue weighted by atomic mass is 10.1. The highest BCUT2D eigenvalue weighted by molar-refractivity contribution is 8.00. The predicted octanol–water partition coefficient (Wildman–Crippen LogP) is 0.962. The van der Waals surface area contributed by atoms with Crippen LogP contribution in [0.3, 0.4) is 0 Å². The molecule has 1 saturated heterocycles. The van der Waals surface area contributed by atoms with Crippen molar-refractivity contribution in [3.05, 3.63) is 28.4 Å². The van der Waals surface area contributed by atoms with E-state index in [1.54, 1.807) is 33.1 Å². The number of amides is 2. The zero-order valence-corrected chi connectivity index (χ0v) is 19.4. The van der Waals surface area contributed by atoms with Crippen molar-refractivity contribution in [2.24, 2.45) is 5.16 Å². The van der Waals surface area contributed by atoms with E-state index in [1.807, 2.05) is 0 Å². The first kappa shape index (κ1) is 23.7. The Morgan fingerprint density at radius 3 is 2.66 bits per heavy atom. The number of thiazole rings is 1. The van der Waals surface area contributed by atoms with Gasteiger partial charge < -0.3 is 24.9 Å². The Balaban J connectivity index is 1.69. The van der Waals surface area contributed by atoms with Gasteiger partial charge in [-0.05, 0) is 27.7 Å². The van der Waals surface area contributed by atoms with Gasteiger partial charge in [0, 0.05) is 16.8 Å². The van der Waals surface area contributed by atoms with Crippen molar-refractivity contribution in [1.82, 2.24) is 15.2 Å². The van der Waals surface area contributed by atoms with Crippen LogP contribution in [0.25, 0.3) is 0 Å². The minimum atomic E-state index is -1.09. The van der Waals surface area contributed by atoms with Crippen LogP contribution in [0.1, 0.15) is 33.4 Å². The van der Waals surface area contributed by atoms with E-state index in [0.717, 1.165) is 0 Å². The summed E-state index contributed by atoms with van der Waals surface area (Å²) < 4.78 is 5.12. The molecule has 2 aliphatic heterocycles. The summed E-state index contributed by atoms with van der Waals surface area (Å²) in [6, 6.07) is -0.865. The molecule has 11 nitrogen and oxygen atoms in total. The first-order valence-electron chi connectivity index (χ1n) is 9.52. The largest absolute Gasteiger partial charge is 0.478 e. The summed E-state index contributed by atoms with van der Waals surface area (Å²) in [6.07, 6.45) is 1.30. The minimum Gasteiger partial charge on any atom is -0.478 e. The number of carbonyl (C=O) groups is 4. The number of ether oxygens (including phenoxy) is 1. The molecule has 13 heteroatoms. The van der Waals surface area contributed by atoms with Gasteiger partial charge in [0.2, 0.25) is 6.61 Å². The maximum Gasteiger partial charge on any atom is 0.347 e. The molecule has 3 rings (SSSR count). The zero-order valence-electron chi connectivity index (χ0n) is 17.7. The highest BCUT2D eigenvalue weighted by Crippen LogP contribution is 2.40. The highest BCUT2D eigenvalue weighted by atomic mass is 32.2. The number of carbonyl (C=O) groups excluding carboxylic acids is 3. The van der Waals surface area contributed by atoms with Gasteiger partial charge in [-0.15, -0.1) is 23.1 Å². The summed E-state index contributed by atoms with van der Waals surface area (Å²) in [5, 5.41) is 16.4. The van der Waals surface area contributed by atoms with Crippen molar-refractivity contribution in [2.45, 2.75) is 50.0 Å². The van der Waals surface area contributed by atoms with Gasteiger partial charge in [-0.2, -0.15) is 0 Å². The molecule has 32 heavy (non-hydrogen) atoms. The number of nitrogens with zero attached hydrogens (tertiary/aromatic N) is 3. The summed E-state index contributed by atoms with van der Waals surface area (Å²) in [4.78, 5) is 58.8. The quantitative estimate of drug-likeness (QED) is 0.251. The number of rotatable bonds is 7. The van der Waals surface area contributed by atoms with Crippen molar-refractivity contribution in [3.8, 4) is 0 Å². The Bertz CT molecular complexity index is 984. The monoisotopic (exact) mass is 482 g/mol. The Morgan fingerprint density at radius 1 is 1.34 bits per heavy atom. The van der Waals surface area contributed by atoms with Crippen LogP contribution < -0.4 is 5.32 Å². The lowest BCUT2D eigenvalue weighted by Crippen LogP contribution is -2.69. The van der Waals surface area contributed by atoms with Gasteiger partial charge in [0.05, 0.1) is 11.1 Å². The summed E-state index contributed by atoms with van der Waals surface area (Å²) >= 11 is 2.49. The van der Waals surface area contributed by atoms with E-state index in [4.69, 9.17) is 9.57 Å². The number of hydrogen-bond acceptors (Lipinski definition) is 10. The average Bonchev–Trinajstić information content (AvgIpc) is 3.21. The summed E-state index contributed by atoms with van der Waals surface area (Å²) in [6.45, 7) is 6.34. The lowest BCUT2D eigenvalue weighted by molar-refractivity contribution is -0.160. The molecule has 1 fully saturated rings. The molecule has 1 aromatic rings.